The molecule has 3 heterocycles. The van der Waals surface area contributed by atoms with Crippen LogP contribution < -0.4 is 0 Å². The lowest BCUT2D eigenvalue weighted by atomic mass is 9.71. The molecule has 3 aliphatic rings. The van der Waals surface area contributed by atoms with Gasteiger partial charge in [0.05, 0.1) is 42.5 Å². The molecule has 3 fully saturated rings. The first kappa shape index (κ1) is 38.6. The molecular formula is C34H60N2O10. The fourth-order valence-electron chi connectivity index (χ4n) is 8.32. The molecule has 266 valence electrons. The van der Waals surface area contributed by atoms with Gasteiger partial charge in [-0.3, -0.25) is 4.79 Å². The molecule has 3 rings (SSSR count). The molecule has 0 aromatic carbocycles. The number of hydrogen-bond donors (Lipinski definition) is 3. The lowest BCUT2D eigenvalue weighted by Gasteiger charge is -2.48. The number of amides is 1. The third-order valence-corrected chi connectivity index (χ3v) is 11.0. The van der Waals surface area contributed by atoms with Crippen LogP contribution in [0, 0.1) is 23.7 Å². The van der Waals surface area contributed by atoms with E-state index < -0.39 is 71.8 Å². The van der Waals surface area contributed by atoms with E-state index in [2.05, 4.69) is 0 Å². The average molecular weight is 657 g/mol. The minimum atomic E-state index is -1.23. The number of nitrogens with zero attached hydrogens (tertiary/aromatic N) is 2. The van der Waals surface area contributed by atoms with Crippen LogP contribution in [0.2, 0.25) is 0 Å². The zero-order chi connectivity index (χ0) is 34.9. The number of aliphatic hydroxyl groups is 3. The van der Waals surface area contributed by atoms with Gasteiger partial charge in [-0.05, 0) is 67.0 Å². The quantitative estimate of drug-likeness (QED) is 0.286. The number of carbonyl (C=O) groups excluding carboxylic acids is 2. The first-order chi connectivity index (χ1) is 21.4. The SMILES string of the molecule is CC[C@H]1OC(=O)[C@H](C)[C@@H](O)[C@H](C)[C@@H](O[C@@H]2O[C@H](C)C[C@H](N(C)C)[C@H]2O)[C@](C)(OC)C[C@@H](C)/C(=C\CO)[C@H](C)C2N(C)C(=O)O[C@@]21C. The average Bonchev–Trinajstić information content (AvgIpc) is 3.23. The van der Waals surface area contributed by atoms with Crippen molar-refractivity contribution in [3.63, 3.8) is 0 Å². The standard InChI is InChI=1S/C34H60N2O10/c1-13-25-34(8)28(36(11)32(41)46-34)20(4)23(14-15-37)18(2)17-33(7,42-12)29(21(5)26(38)22(6)30(40)44-25)45-31-27(39)24(35(9)10)16-19(3)43-31/h14,18-22,24-29,31,37-39H,13,15-17H2,1-12H3/b23-14+/t18-,19-,20+,21+,22-,24+,25-,26+,27-,28?,29-,31+,33-,34-/m1/s1. The van der Waals surface area contributed by atoms with E-state index in [0.717, 1.165) is 5.57 Å². The van der Waals surface area contributed by atoms with Crippen molar-refractivity contribution in [3.8, 4) is 0 Å². The second-order valence-electron chi connectivity index (χ2n) is 14.5. The van der Waals surface area contributed by atoms with Crippen LogP contribution in [-0.4, -0.2) is 132 Å². The van der Waals surface area contributed by atoms with Gasteiger partial charge in [-0.1, -0.05) is 39.3 Å². The smallest absolute Gasteiger partial charge is 0.410 e. The number of ether oxygens (including phenoxy) is 5. The number of fused-ring (bicyclic) bond motifs is 1. The van der Waals surface area contributed by atoms with E-state index in [1.165, 1.54) is 4.90 Å². The van der Waals surface area contributed by atoms with Gasteiger partial charge in [0.2, 0.25) is 0 Å². The second kappa shape index (κ2) is 15.2. The molecule has 1 amide bonds. The molecule has 0 saturated carbocycles. The Labute approximate surface area is 275 Å². The molecule has 3 saturated heterocycles. The van der Waals surface area contributed by atoms with Crippen LogP contribution in [0.4, 0.5) is 4.79 Å². The van der Waals surface area contributed by atoms with Gasteiger partial charge < -0.3 is 48.8 Å². The monoisotopic (exact) mass is 656 g/mol. The van der Waals surface area contributed by atoms with Crippen LogP contribution in [0.3, 0.4) is 0 Å². The molecule has 1 unspecified atom stereocenters. The van der Waals surface area contributed by atoms with Crippen LogP contribution in [-0.2, 0) is 28.5 Å². The zero-order valence-corrected chi connectivity index (χ0v) is 29.9. The summed E-state index contributed by atoms with van der Waals surface area (Å²) in [5.74, 6) is -2.81. The predicted molar refractivity (Wildman–Crippen MR) is 172 cm³/mol. The van der Waals surface area contributed by atoms with E-state index in [0.29, 0.717) is 19.3 Å². The van der Waals surface area contributed by atoms with E-state index in [9.17, 15) is 24.9 Å². The largest absolute Gasteiger partial charge is 0.458 e. The number of likely N-dealkylation sites (N-methyl/N-ethyl adjacent to an activating group) is 2. The van der Waals surface area contributed by atoms with E-state index in [1.807, 2.05) is 53.6 Å². The predicted octanol–water partition coefficient (Wildman–Crippen LogP) is 2.96. The first-order valence-corrected chi connectivity index (χ1v) is 16.7. The van der Waals surface area contributed by atoms with Gasteiger partial charge in [0.15, 0.2) is 11.9 Å². The third-order valence-electron chi connectivity index (χ3n) is 11.0. The van der Waals surface area contributed by atoms with Crippen molar-refractivity contribution >= 4 is 12.1 Å². The van der Waals surface area contributed by atoms with Crippen molar-refractivity contribution < 1.29 is 48.6 Å². The summed E-state index contributed by atoms with van der Waals surface area (Å²) in [5.41, 5.74) is -1.39. The number of rotatable bonds is 6. The number of methoxy groups -OCH3 is 1. The Hall–Kier alpha value is -1.80. The van der Waals surface area contributed by atoms with Crippen LogP contribution in [0.15, 0.2) is 11.6 Å². The van der Waals surface area contributed by atoms with Gasteiger partial charge in [-0.25, -0.2) is 4.79 Å². The van der Waals surface area contributed by atoms with Crippen molar-refractivity contribution in [2.24, 2.45) is 23.7 Å². The Morgan fingerprint density at radius 1 is 1.07 bits per heavy atom. The fourth-order valence-corrected chi connectivity index (χ4v) is 8.32. The summed E-state index contributed by atoms with van der Waals surface area (Å²) < 4.78 is 31.1. The second-order valence-corrected chi connectivity index (χ2v) is 14.5. The van der Waals surface area contributed by atoms with Gasteiger partial charge in [0.25, 0.3) is 0 Å². The molecule has 12 nitrogen and oxygen atoms in total. The maximum Gasteiger partial charge on any atom is 0.410 e. The highest BCUT2D eigenvalue weighted by molar-refractivity contribution is 5.74. The highest BCUT2D eigenvalue weighted by Crippen LogP contribution is 2.45. The molecule has 0 spiro atoms. The Kier molecular flexibility index (Phi) is 12.7. The Morgan fingerprint density at radius 3 is 2.24 bits per heavy atom. The summed E-state index contributed by atoms with van der Waals surface area (Å²) in [6.07, 6.45) is -2.47. The highest BCUT2D eigenvalue weighted by atomic mass is 16.7. The fraction of sp³-hybridized carbons (Fsp3) is 0.882. The van der Waals surface area contributed by atoms with Crippen molar-refractivity contribution in [1.29, 1.82) is 0 Å². The lowest BCUT2D eigenvalue weighted by Crippen LogP contribution is -2.60. The maximum atomic E-state index is 13.7. The van der Waals surface area contributed by atoms with Crippen LogP contribution in [0.1, 0.15) is 74.7 Å². The summed E-state index contributed by atoms with van der Waals surface area (Å²) in [7, 11) is 7.04. The minimum Gasteiger partial charge on any atom is -0.458 e. The Balaban J connectivity index is 2.17. The van der Waals surface area contributed by atoms with E-state index >= 15 is 0 Å². The summed E-state index contributed by atoms with van der Waals surface area (Å²) in [6, 6.07) is -0.751. The molecule has 0 radical (unpaired) electrons. The first-order valence-electron chi connectivity index (χ1n) is 16.7. The zero-order valence-electron chi connectivity index (χ0n) is 29.9. The van der Waals surface area contributed by atoms with Crippen molar-refractivity contribution in [2.45, 2.75) is 135 Å². The molecule has 0 bridgehead atoms. The van der Waals surface area contributed by atoms with E-state index in [4.69, 9.17) is 23.7 Å². The number of cyclic esters (lactones) is 1. The van der Waals surface area contributed by atoms with Crippen molar-refractivity contribution in [1.82, 2.24) is 9.80 Å². The highest BCUT2D eigenvalue weighted by Gasteiger charge is 2.58. The van der Waals surface area contributed by atoms with Gasteiger partial charge in [0, 0.05) is 32.0 Å². The summed E-state index contributed by atoms with van der Waals surface area (Å²) in [4.78, 5) is 30.3. The summed E-state index contributed by atoms with van der Waals surface area (Å²) >= 11 is 0. The Morgan fingerprint density at radius 2 is 1.70 bits per heavy atom. The maximum absolute atomic E-state index is 13.7. The summed E-state index contributed by atoms with van der Waals surface area (Å²) in [6.45, 7) is 14.7. The number of aliphatic hydroxyl groups excluding tert-OH is 3. The third kappa shape index (κ3) is 7.43. The molecule has 3 aliphatic heterocycles. The van der Waals surface area contributed by atoms with Gasteiger partial charge in [0.1, 0.15) is 12.2 Å². The van der Waals surface area contributed by atoms with Crippen molar-refractivity contribution in [3.05, 3.63) is 11.6 Å². The summed E-state index contributed by atoms with van der Waals surface area (Å²) in [5, 5.41) is 33.3. The number of carbonyl (C=O) groups is 2. The molecule has 0 aromatic heterocycles. The lowest BCUT2D eigenvalue weighted by molar-refractivity contribution is -0.301. The number of hydrogen-bond acceptors (Lipinski definition) is 11. The Bertz CT molecular complexity index is 1090. The molecule has 46 heavy (non-hydrogen) atoms. The van der Waals surface area contributed by atoms with E-state index in [-0.39, 0.29) is 30.6 Å². The number of esters is 1. The van der Waals surface area contributed by atoms with Gasteiger partial charge in [-0.2, -0.15) is 0 Å². The van der Waals surface area contributed by atoms with Gasteiger partial charge >= 0.3 is 12.1 Å². The molecular weight excluding hydrogens is 596 g/mol. The topological polar surface area (TPSA) is 147 Å². The van der Waals surface area contributed by atoms with Gasteiger partial charge in [-0.15, -0.1) is 0 Å². The normalized spacial score (nSPS) is 45.7. The van der Waals surface area contributed by atoms with Crippen molar-refractivity contribution in [2.75, 3.05) is 34.9 Å². The van der Waals surface area contributed by atoms with E-state index in [1.54, 1.807) is 41.0 Å². The molecule has 3 N–H and O–H groups in total. The molecule has 0 aromatic rings. The van der Waals surface area contributed by atoms with Crippen LogP contribution >= 0.6 is 0 Å². The molecule has 12 heteroatoms. The van der Waals surface area contributed by atoms with Crippen LogP contribution in [0.5, 0.6) is 0 Å². The molecule has 0 aliphatic carbocycles. The van der Waals surface area contributed by atoms with Crippen LogP contribution in [0.25, 0.3) is 0 Å². The minimum absolute atomic E-state index is 0.199. The molecule has 14 atom stereocenters.